The molecule has 0 saturated carbocycles. The summed E-state index contributed by atoms with van der Waals surface area (Å²) in [6, 6.07) is 7.63. The summed E-state index contributed by atoms with van der Waals surface area (Å²) in [6.07, 6.45) is 1.37. The quantitative estimate of drug-likeness (QED) is 0.677. The van der Waals surface area contributed by atoms with Gasteiger partial charge in [-0.2, -0.15) is 0 Å². The van der Waals surface area contributed by atoms with Crippen molar-refractivity contribution in [3.63, 3.8) is 0 Å². The van der Waals surface area contributed by atoms with Gasteiger partial charge in [-0.1, -0.05) is 23.8 Å². The number of fused-ring (bicyclic) bond motifs is 1. The number of rotatable bonds is 1. The first kappa shape index (κ1) is 11.3. The molecule has 3 rings (SSSR count). The van der Waals surface area contributed by atoms with Crippen molar-refractivity contribution in [3.05, 3.63) is 56.7 Å². The van der Waals surface area contributed by atoms with E-state index >= 15 is 0 Å². The third-order valence-electron chi connectivity index (χ3n) is 2.81. The van der Waals surface area contributed by atoms with Crippen LogP contribution in [0.15, 0.2) is 40.1 Å². The maximum atomic E-state index is 11.7. The molecule has 0 radical (unpaired) electrons. The Morgan fingerprint density at radius 2 is 1.89 bits per heavy atom. The number of aromatic nitrogens is 4. The van der Waals surface area contributed by atoms with Gasteiger partial charge in [0.25, 0.3) is 11.1 Å². The molecule has 94 valence electrons. The second kappa shape index (κ2) is 4.16. The molecule has 0 aliphatic rings. The Morgan fingerprint density at radius 3 is 2.68 bits per heavy atom. The topological polar surface area (TPSA) is 91.5 Å². The van der Waals surface area contributed by atoms with Gasteiger partial charge in [-0.15, -0.1) is 0 Å². The molecule has 0 unspecified atom stereocenters. The Bertz CT molecular complexity index is 879. The van der Waals surface area contributed by atoms with Gasteiger partial charge in [-0.05, 0) is 13.0 Å². The third kappa shape index (κ3) is 1.93. The summed E-state index contributed by atoms with van der Waals surface area (Å²) in [4.78, 5) is 31.5. The fraction of sp³-hybridized carbons (Fsp3) is 0.0769. The Labute approximate surface area is 107 Å². The fourth-order valence-electron chi connectivity index (χ4n) is 1.88. The zero-order valence-electron chi connectivity index (χ0n) is 10.1. The average molecular weight is 254 g/mol. The molecule has 2 N–H and O–H groups in total. The smallest absolute Gasteiger partial charge is 0.267 e. The molecular weight excluding hydrogens is 244 g/mol. The van der Waals surface area contributed by atoms with Gasteiger partial charge in [0.05, 0.1) is 5.39 Å². The van der Waals surface area contributed by atoms with E-state index in [2.05, 4.69) is 20.2 Å². The van der Waals surface area contributed by atoms with Crippen LogP contribution in [0.3, 0.4) is 0 Å². The molecular formula is C13H10N4O2. The van der Waals surface area contributed by atoms with Crippen molar-refractivity contribution in [2.24, 2.45) is 0 Å². The van der Waals surface area contributed by atoms with Crippen LogP contribution in [0.4, 0.5) is 0 Å². The van der Waals surface area contributed by atoms with Crippen molar-refractivity contribution in [2.75, 3.05) is 0 Å². The molecule has 1 aromatic carbocycles. The standard InChI is InChI=1S/C13H10N4O2/c1-7-3-2-4-8(5-7)11-14-6-9-10(15-11)13(19)17-16-12(9)18/h2-6H,1H3,(H,16,18)(H,17,19). The predicted molar refractivity (Wildman–Crippen MR) is 71.0 cm³/mol. The second-order valence-corrected chi connectivity index (χ2v) is 4.23. The number of hydrogen-bond acceptors (Lipinski definition) is 4. The first-order valence-electron chi connectivity index (χ1n) is 5.70. The maximum absolute atomic E-state index is 11.7. The van der Waals surface area contributed by atoms with Crippen LogP contribution in [-0.4, -0.2) is 20.2 Å². The molecule has 0 atom stereocenters. The van der Waals surface area contributed by atoms with Crippen LogP contribution < -0.4 is 11.1 Å². The molecule has 0 fully saturated rings. The normalized spacial score (nSPS) is 10.8. The molecule has 0 spiro atoms. The van der Waals surface area contributed by atoms with Gasteiger partial charge in [0.2, 0.25) is 0 Å². The van der Waals surface area contributed by atoms with E-state index in [0.29, 0.717) is 5.82 Å². The molecule has 2 heterocycles. The van der Waals surface area contributed by atoms with Crippen LogP contribution in [0, 0.1) is 6.92 Å². The van der Waals surface area contributed by atoms with Crippen molar-refractivity contribution >= 4 is 10.9 Å². The van der Waals surface area contributed by atoms with Crippen LogP contribution in [0.25, 0.3) is 22.3 Å². The molecule has 6 heteroatoms. The summed E-state index contributed by atoms with van der Waals surface area (Å²) in [7, 11) is 0. The van der Waals surface area contributed by atoms with E-state index in [1.165, 1.54) is 6.20 Å². The minimum absolute atomic E-state index is 0.0928. The average Bonchev–Trinajstić information content (AvgIpc) is 2.43. The monoisotopic (exact) mass is 254 g/mol. The van der Waals surface area contributed by atoms with Gasteiger partial charge < -0.3 is 0 Å². The lowest BCUT2D eigenvalue weighted by Crippen LogP contribution is -2.20. The number of benzene rings is 1. The third-order valence-corrected chi connectivity index (χ3v) is 2.81. The van der Waals surface area contributed by atoms with Crippen LogP contribution >= 0.6 is 0 Å². The van der Waals surface area contributed by atoms with E-state index in [0.717, 1.165) is 11.1 Å². The second-order valence-electron chi connectivity index (χ2n) is 4.23. The molecule has 2 aromatic heterocycles. The first-order valence-corrected chi connectivity index (χ1v) is 5.70. The largest absolute Gasteiger partial charge is 0.289 e. The van der Waals surface area contributed by atoms with Crippen LogP contribution in [-0.2, 0) is 0 Å². The van der Waals surface area contributed by atoms with E-state index < -0.39 is 11.1 Å². The Morgan fingerprint density at radius 1 is 1.11 bits per heavy atom. The lowest BCUT2D eigenvalue weighted by Gasteiger charge is -2.02. The Kier molecular flexibility index (Phi) is 2.49. The summed E-state index contributed by atoms with van der Waals surface area (Å²) in [5.41, 5.74) is 1.12. The van der Waals surface area contributed by atoms with Crippen LogP contribution in [0.1, 0.15) is 5.56 Å². The predicted octanol–water partition coefficient (Wildman–Crippen LogP) is 0.982. The van der Waals surface area contributed by atoms with E-state index in [9.17, 15) is 9.59 Å². The van der Waals surface area contributed by atoms with E-state index in [-0.39, 0.29) is 10.9 Å². The maximum Gasteiger partial charge on any atom is 0.289 e. The molecule has 0 aliphatic carbocycles. The zero-order valence-corrected chi connectivity index (χ0v) is 10.1. The number of aromatic amines is 2. The molecule has 0 amide bonds. The minimum atomic E-state index is -0.439. The fourth-order valence-corrected chi connectivity index (χ4v) is 1.88. The number of hydrogen-bond donors (Lipinski definition) is 2. The van der Waals surface area contributed by atoms with Crippen molar-refractivity contribution in [2.45, 2.75) is 6.92 Å². The highest BCUT2D eigenvalue weighted by molar-refractivity contribution is 5.77. The summed E-state index contributed by atoms with van der Waals surface area (Å²) in [5, 5.41) is 4.67. The SMILES string of the molecule is Cc1cccc(-c2ncc3c(=O)[nH][nH]c(=O)c3n2)c1. The van der Waals surface area contributed by atoms with Crippen LogP contribution in [0.5, 0.6) is 0 Å². The Hall–Kier alpha value is -2.76. The molecule has 19 heavy (non-hydrogen) atoms. The molecule has 0 bridgehead atoms. The van der Waals surface area contributed by atoms with Gasteiger partial charge in [0.15, 0.2) is 5.82 Å². The van der Waals surface area contributed by atoms with E-state index in [1.807, 2.05) is 31.2 Å². The van der Waals surface area contributed by atoms with Crippen molar-refractivity contribution in [1.29, 1.82) is 0 Å². The molecule has 0 aliphatic heterocycles. The Balaban J connectivity index is 2.31. The highest BCUT2D eigenvalue weighted by Crippen LogP contribution is 2.16. The van der Waals surface area contributed by atoms with E-state index in [1.54, 1.807) is 0 Å². The highest BCUT2D eigenvalue weighted by atomic mass is 16.1. The molecule has 3 aromatic rings. The highest BCUT2D eigenvalue weighted by Gasteiger charge is 2.08. The van der Waals surface area contributed by atoms with Gasteiger partial charge in [0.1, 0.15) is 5.52 Å². The minimum Gasteiger partial charge on any atom is -0.267 e. The number of nitrogens with zero attached hydrogens (tertiary/aromatic N) is 2. The van der Waals surface area contributed by atoms with Crippen LogP contribution in [0.2, 0.25) is 0 Å². The van der Waals surface area contributed by atoms with E-state index in [4.69, 9.17) is 0 Å². The van der Waals surface area contributed by atoms with Gasteiger partial charge in [0, 0.05) is 11.8 Å². The lowest BCUT2D eigenvalue weighted by molar-refractivity contribution is 0.965. The zero-order chi connectivity index (χ0) is 13.4. The van der Waals surface area contributed by atoms with Gasteiger partial charge in [-0.3, -0.25) is 19.8 Å². The van der Waals surface area contributed by atoms with Gasteiger partial charge >= 0.3 is 0 Å². The summed E-state index contributed by atoms with van der Waals surface area (Å²) < 4.78 is 0. The van der Waals surface area contributed by atoms with Gasteiger partial charge in [-0.25, -0.2) is 9.97 Å². The molecule has 0 saturated heterocycles. The van der Waals surface area contributed by atoms with Crippen molar-refractivity contribution < 1.29 is 0 Å². The number of aryl methyl sites for hydroxylation is 1. The van der Waals surface area contributed by atoms with Crippen molar-refractivity contribution in [3.8, 4) is 11.4 Å². The summed E-state index contributed by atoms with van der Waals surface area (Å²) in [6.45, 7) is 1.96. The summed E-state index contributed by atoms with van der Waals surface area (Å²) in [5.74, 6) is 0.423. The first-order chi connectivity index (χ1) is 9.15. The molecule has 6 nitrogen and oxygen atoms in total. The number of H-pyrrole nitrogens is 2. The summed E-state index contributed by atoms with van der Waals surface area (Å²) >= 11 is 0. The lowest BCUT2D eigenvalue weighted by atomic mass is 10.1. The number of nitrogens with one attached hydrogen (secondary N) is 2. The van der Waals surface area contributed by atoms with Crippen molar-refractivity contribution in [1.82, 2.24) is 20.2 Å².